The van der Waals surface area contributed by atoms with Crippen LogP contribution in [0, 0.1) is 0 Å². The van der Waals surface area contributed by atoms with E-state index < -0.39 is 17.4 Å². The molecule has 0 bridgehead atoms. The van der Waals surface area contributed by atoms with Crippen LogP contribution >= 0.6 is 0 Å². The summed E-state index contributed by atoms with van der Waals surface area (Å²) >= 11 is 0. The summed E-state index contributed by atoms with van der Waals surface area (Å²) in [5, 5.41) is 5.39. The zero-order valence-corrected chi connectivity index (χ0v) is 11.6. The van der Waals surface area contributed by atoms with Gasteiger partial charge in [0.2, 0.25) is 0 Å². The Balaban J connectivity index is 2.22. The van der Waals surface area contributed by atoms with Crippen LogP contribution in [0.5, 0.6) is 0 Å². The lowest BCUT2D eigenvalue weighted by Crippen LogP contribution is -2.60. The van der Waals surface area contributed by atoms with Gasteiger partial charge in [-0.2, -0.15) is 0 Å². The van der Waals surface area contributed by atoms with Crippen molar-refractivity contribution in [3.63, 3.8) is 0 Å². The highest BCUT2D eigenvalue weighted by Gasteiger charge is 2.36. The third kappa shape index (κ3) is 2.62. The van der Waals surface area contributed by atoms with E-state index in [2.05, 4.69) is 36.6 Å². The predicted octanol–water partition coefficient (Wildman–Crippen LogP) is 1.66. The number of hydrogen-bond acceptors (Lipinski definition) is 2. The molecule has 0 spiro atoms. The van der Waals surface area contributed by atoms with Gasteiger partial charge in [-0.1, -0.05) is 38.1 Å². The molecule has 0 saturated carbocycles. The van der Waals surface area contributed by atoms with Gasteiger partial charge in [-0.25, -0.2) is 0 Å². The second-order valence-electron chi connectivity index (χ2n) is 5.40. The van der Waals surface area contributed by atoms with Gasteiger partial charge in [0.1, 0.15) is 0 Å². The van der Waals surface area contributed by atoms with Gasteiger partial charge < -0.3 is 10.6 Å². The molecule has 2 N–H and O–H groups in total. The third-order valence-corrected chi connectivity index (χ3v) is 3.93. The number of carbonyl (C=O) groups excluding carboxylic acids is 2. The van der Waals surface area contributed by atoms with Gasteiger partial charge in [0, 0.05) is 6.54 Å². The third-order valence-electron chi connectivity index (χ3n) is 3.93. The van der Waals surface area contributed by atoms with E-state index >= 15 is 0 Å². The summed E-state index contributed by atoms with van der Waals surface area (Å²) in [5.41, 5.74) is 1.77. The Kier molecular flexibility index (Phi) is 3.60. The maximum Gasteiger partial charge on any atom is 0.310 e. The van der Waals surface area contributed by atoms with Crippen LogP contribution in [0.4, 0.5) is 0 Å². The molecule has 1 heterocycles. The minimum atomic E-state index is -0.570. The van der Waals surface area contributed by atoms with E-state index in [4.69, 9.17) is 0 Å². The lowest BCUT2D eigenvalue weighted by atomic mass is 9.88. The van der Waals surface area contributed by atoms with E-state index in [0.717, 1.165) is 12.0 Å². The summed E-state index contributed by atoms with van der Waals surface area (Å²) in [7, 11) is 0. The van der Waals surface area contributed by atoms with Crippen molar-refractivity contribution in [1.82, 2.24) is 10.6 Å². The molecule has 1 aliphatic rings. The van der Waals surface area contributed by atoms with Gasteiger partial charge in [-0.3, -0.25) is 9.59 Å². The van der Waals surface area contributed by atoms with E-state index in [9.17, 15) is 9.59 Å². The molecule has 2 rings (SSSR count). The normalized spacial score (nSPS) is 24.6. The summed E-state index contributed by atoms with van der Waals surface area (Å²) in [4.78, 5) is 22.7. The number of piperazine rings is 1. The Morgan fingerprint density at radius 2 is 1.84 bits per heavy atom. The molecular formula is C15H20N2O2. The van der Waals surface area contributed by atoms with Gasteiger partial charge in [-0.05, 0) is 30.4 Å². The average molecular weight is 260 g/mol. The zero-order chi connectivity index (χ0) is 14.0. The van der Waals surface area contributed by atoms with Gasteiger partial charge >= 0.3 is 11.8 Å². The molecule has 0 radical (unpaired) electrons. The van der Waals surface area contributed by atoms with Crippen LogP contribution < -0.4 is 10.6 Å². The van der Waals surface area contributed by atoms with Crippen LogP contribution in [-0.2, 0) is 15.1 Å². The van der Waals surface area contributed by atoms with Gasteiger partial charge in [0.05, 0.1) is 5.54 Å². The highest BCUT2D eigenvalue weighted by atomic mass is 16.2. The Morgan fingerprint density at radius 1 is 1.21 bits per heavy atom. The predicted molar refractivity (Wildman–Crippen MR) is 73.7 cm³/mol. The Bertz CT molecular complexity index is 495. The molecule has 2 atom stereocenters. The van der Waals surface area contributed by atoms with Gasteiger partial charge in [0.15, 0.2) is 0 Å². The minimum Gasteiger partial charge on any atom is -0.345 e. The fraction of sp³-hybridized carbons (Fsp3) is 0.467. The number of hydrogen-bond donors (Lipinski definition) is 2. The molecule has 2 amide bonds. The Morgan fingerprint density at radius 3 is 2.37 bits per heavy atom. The van der Waals surface area contributed by atoms with Crippen molar-refractivity contribution < 1.29 is 9.59 Å². The van der Waals surface area contributed by atoms with E-state index in [0.29, 0.717) is 12.5 Å². The molecule has 1 fully saturated rings. The molecule has 4 heteroatoms. The number of nitrogens with one attached hydrogen (secondary N) is 2. The molecule has 1 saturated heterocycles. The monoisotopic (exact) mass is 260 g/mol. The molecule has 2 unspecified atom stereocenters. The topological polar surface area (TPSA) is 58.2 Å². The molecule has 19 heavy (non-hydrogen) atoms. The Labute approximate surface area is 113 Å². The summed E-state index contributed by atoms with van der Waals surface area (Å²) in [6, 6.07) is 8.24. The molecular weight excluding hydrogens is 240 g/mol. The first kappa shape index (κ1) is 13.6. The molecule has 1 aliphatic heterocycles. The van der Waals surface area contributed by atoms with E-state index in [1.807, 2.05) is 19.1 Å². The number of rotatable bonds is 3. The standard InChI is InChI=1S/C15H20N2O2/c1-4-10(2)11-5-7-12(8-6-11)15(3)9-16-13(18)14(19)17-15/h5-8,10H,4,9H2,1-3H3,(H,16,18)(H,17,19). The zero-order valence-electron chi connectivity index (χ0n) is 11.6. The van der Waals surface area contributed by atoms with Gasteiger partial charge in [-0.15, -0.1) is 0 Å². The van der Waals surface area contributed by atoms with Crippen molar-refractivity contribution in [3.8, 4) is 0 Å². The van der Waals surface area contributed by atoms with Crippen LogP contribution in [0.25, 0.3) is 0 Å². The van der Waals surface area contributed by atoms with Crippen LogP contribution in [0.15, 0.2) is 24.3 Å². The lowest BCUT2D eigenvalue weighted by molar-refractivity contribution is -0.142. The lowest BCUT2D eigenvalue weighted by Gasteiger charge is -2.35. The molecule has 102 valence electrons. The molecule has 0 aromatic heterocycles. The van der Waals surface area contributed by atoms with Crippen molar-refractivity contribution in [2.24, 2.45) is 0 Å². The SMILES string of the molecule is CCC(C)c1ccc(C2(C)CNC(=O)C(=O)N2)cc1. The smallest absolute Gasteiger partial charge is 0.310 e. The van der Waals surface area contributed by atoms with E-state index in [1.54, 1.807) is 0 Å². The first-order valence-electron chi connectivity index (χ1n) is 6.67. The summed E-state index contributed by atoms with van der Waals surface area (Å²) in [5.74, 6) is -0.601. The van der Waals surface area contributed by atoms with Crippen molar-refractivity contribution in [3.05, 3.63) is 35.4 Å². The number of carbonyl (C=O) groups is 2. The Hall–Kier alpha value is -1.84. The number of amides is 2. The molecule has 4 nitrogen and oxygen atoms in total. The molecule has 1 aromatic carbocycles. The van der Waals surface area contributed by atoms with E-state index in [1.165, 1.54) is 5.56 Å². The van der Waals surface area contributed by atoms with Crippen molar-refractivity contribution >= 4 is 11.8 Å². The fourth-order valence-corrected chi connectivity index (χ4v) is 2.28. The van der Waals surface area contributed by atoms with Gasteiger partial charge in [0.25, 0.3) is 0 Å². The molecule has 0 aliphatic carbocycles. The second kappa shape index (κ2) is 5.03. The second-order valence-corrected chi connectivity index (χ2v) is 5.40. The quantitative estimate of drug-likeness (QED) is 0.812. The van der Waals surface area contributed by atoms with Crippen molar-refractivity contribution in [2.45, 2.75) is 38.6 Å². The number of benzene rings is 1. The average Bonchev–Trinajstić information content (AvgIpc) is 2.43. The maximum absolute atomic E-state index is 11.5. The highest BCUT2D eigenvalue weighted by molar-refractivity contribution is 6.35. The largest absolute Gasteiger partial charge is 0.345 e. The van der Waals surface area contributed by atoms with Crippen LogP contribution in [0.1, 0.15) is 44.2 Å². The van der Waals surface area contributed by atoms with Crippen LogP contribution in [-0.4, -0.2) is 18.4 Å². The van der Waals surface area contributed by atoms with Crippen molar-refractivity contribution in [2.75, 3.05) is 6.54 Å². The fourth-order valence-electron chi connectivity index (χ4n) is 2.28. The summed E-state index contributed by atoms with van der Waals surface area (Å²) in [6.07, 6.45) is 1.10. The van der Waals surface area contributed by atoms with E-state index in [-0.39, 0.29) is 0 Å². The van der Waals surface area contributed by atoms with Crippen LogP contribution in [0.2, 0.25) is 0 Å². The highest BCUT2D eigenvalue weighted by Crippen LogP contribution is 2.25. The van der Waals surface area contributed by atoms with Crippen LogP contribution in [0.3, 0.4) is 0 Å². The summed E-state index contributed by atoms with van der Waals surface area (Å²) < 4.78 is 0. The first-order valence-corrected chi connectivity index (χ1v) is 6.67. The van der Waals surface area contributed by atoms with Crippen molar-refractivity contribution in [1.29, 1.82) is 0 Å². The maximum atomic E-state index is 11.5. The first-order chi connectivity index (χ1) is 8.96. The molecule has 1 aromatic rings. The minimum absolute atomic E-state index is 0.417. The summed E-state index contributed by atoms with van der Waals surface area (Å²) in [6.45, 7) is 6.69.